The van der Waals surface area contributed by atoms with Crippen molar-refractivity contribution in [2.24, 2.45) is 0 Å². The summed E-state index contributed by atoms with van der Waals surface area (Å²) in [5.74, 6) is 0.307. The molecule has 0 saturated heterocycles. The number of anilines is 1. The Hall–Kier alpha value is -3.25. The minimum absolute atomic E-state index is 0.149. The van der Waals surface area contributed by atoms with Gasteiger partial charge in [0.15, 0.2) is 6.61 Å². The number of methoxy groups -OCH3 is 1. The molecule has 0 atom stereocenters. The van der Waals surface area contributed by atoms with Crippen LogP contribution in [0, 0.1) is 0 Å². The first-order valence-corrected chi connectivity index (χ1v) is 10.0. The topological polar surface area (TPSA) is 76.7 Å². The lowest BCUT2D eigenvalue weighted by Gasteiger charge is -2.14. The van der Waals surface area contributed by atoms with Crippen molar-refractivity contribution < 1.29 is 19.1 Å². The van der Waals surface area contributed by atoms with Crippen LogP contribution >= 0.6 is 11.6 Å². The Labute approximate surface area is 179 Å². The number of amides is 2. The fraction of sp³-hybridized carbons (Fsp3) is 0.217. The largest absolute Gasteiger partial charge is 0.495 e. The molecule has 1 aliphatic rings. The van der Waals surface area contributed by atoms with Crippen LogP contribution in [-0.4, -0.2) is 31.6 Å². The molecule has 1 aliphatic carbocycles. The number of halogens is 1. The average molecular weight is 425 g/mol. The number of nitrogens with one attached hydrogen (secondary N) is 2. The van der Waals surface area contributed by atoms with E-state index in [-0.39, 0.29) is 24.5 Å². The van der Waals surface area contributed by atoms with E-state index in [4.69, 9.17) is 21.1 Å². The van der Waals surface area contributed by atoms with Crippen LogP contribution in [0.25, 0.3) is 10.8 Å². The summed E-state index contributed by atoms with van der Waals surface area (Å²) >= 11 is 6.15. The molecule has 0 aromatic heterocycles. The van der Waals surface area contributed by atoms with E-state index in [0.717, 1.165) is 23.6 Å². The molecule has 6 nitrogen and oxygen atoms in total. The fourth-order valence-corrected chi connectivity index (χ4v) is 3.36. The second-order valence-corrected chi connectivity index (χ2v) is 7.54. The Balaban J connectivity index is 1.59. The monoisotopic (exact) mass is 424 g/mol. The highest BCUT2D eigenvalue weighted by Crippen LogP contribution is 2.30. The molecule has 0 unspecified atom stereocenters. The lowest BCUT2D eigenvalue weighted by Crippen LogP contribution is -2.30. The second kappa shape index (κ2) is 8.63. The molecule has 2 amide bonds. The zero-order valence-electron chi connectivity index (χ0n) is 16.4. The Morgan fingerprint density at radius 3 is 2.43 bits per heavy atom. The van der Waals surface area contributed by atoms with Crippen molar-refractivity contribution >= 4 is 39.9 Å². The molecule has 1 saturated carbocycles. The van der Waals surface area contributed by atoms with Crippen molar-refractivity contribution in [1.29, 1.82) is 0 Å². The van der Waals surface area contributed by atoms with Crippen LogP contribution < -0.4 is 20.1 Å². The van der Waals surface area contributed by atoms with Crippen LogP contribution in [0.5, 0.6) is 11.5 Å². The van der Waals surface area contributed by atoms with Gasteiger partial charge in [-0.25, -0.2) is 0 Å². The normalized spacial score (nSPS) is 13.0. The maximum atomic E-state index is 13.0. The van der Waals surface area contributed by atoms with Crippen molar-refractivity contribution in [1.82, 2.24) is 5.32 Å². The van der Waals surface area contributed by atoms with Gasteiger partial charge < -0.3 is 20.1 Å². The number of hydrogen-bond acceptors (Lipinski definition) is 4. The zero-order chi connectivity index (χ0) is 21.1. The zero-order valence-corrected chi connectivity index (χ0v) is 17.2. The summed E-state index contributed by atoms with van der Waals surface area (Å²) in [5.41, 5.74) is 0.858. The number of ether oxygens (including phenoxy) is 2. The second-order valence-electron chi connectivity index (χ2n) is 7.13. The molecular weight excluding hydrogens is 404 g/mol. The smallest absolute Gasteiger partial charge is 0.259 e. The van der Waals surface area contributed by atoms with Gasteiger partial charge in [0.2, 0.25) is 0 Å². The highest BCUT2D eigenvalue weighted by Gasteiger charge is 2.24. The SMILES string of the molecule is COc1ccc(NC(=O)c2cc3ccccc3cc2OCC(=O)NC2CC2)cc1Cl. The minimum Gasteiger partial charge on any atom is -0.495 e. The molecule has 3 aromatic carbocycles. The van der Waals surface area contributed by atoms with Crippen LogP contribution in [-0.2, 0) is 4.79 Å². The van der Waals surface area contributed by atoms with E-state index in [1.165, 1.54) is 7.11 Å². The first-order valence-electron chi connectivity index (χ1n) is 9.63. The molecular formula is C23H21ClN2O4. The molecule has 2 N–H and O–H groups in total. The van der Waals surface area contributed by atoms with Crippen molar-refractivity contribution in [3.63, 3.8) is 0 Å². The number of benzene rings is 3. The number of hydrogen-bond donors (Lipinski definition) is 2. The molecule has 0 aliphatic heterocycles. The van der Waals surface area contributed by atoms with Gasteiger partial charge in [0.05, 0.1) is 17.7 Å². The number of fused-ring (bicyclic) bond motifs is 1. The van der Waals surface area contributed by atoms with Gasteiger partial charge in [0.1, 0.15) is 11.5 Å². The Kier molecular flexibility index (Phi) is 5.77. The maximum absolute atomic E-state index is 13.0. The number of rotatable bonds is 7. The van der Waals surface area contributed by atoms with Gasteiger partial charge >= 0.3 is 0 Å². The summed E-state index contributed by atoms with van der Waals surface area (Å²) < 4.78 is 10.9. The van der Waals surface area contributed by atoms with E-state index in [2.05, 4.69) is 10.6 Å². The predicted molar refractivity (Wildman–Crippen MR) is 117 cm³/mol. The number of carbonyl (C=O) groups excluding carboxylic acids is 2. The van der Waals surface area contributed by atoms with Crippen LogP contribution in [0.15, 0.2) is 54.6 Å². The lowest BCUT2D eigenvalue weighted by atomic mass is 10.1. The Bertz CT molecular complexity index is 1110. The third-order valence-electron chi connectivity index (χ3n) is 4.80. The first-order chi connectivity index (χ1) is 14.5. The third-order valence-corrected chi connectivity index (χ3v) is 5.10. The van der Waals surface area contributed by atoms with Gasteiger partial charge in [-0.1, -0.05) is 35.9 Å². The fourth-order valence-electron chi connectivity index (χ4n) is 3.10. The van der Waals surface area contributed by atoms with E-state index in [1.807, 2.05) is 24.3 Å². The molecule has 0 heterocycles. The standard InChI is InChI=1S/C23H21ClN2O4/c1-29-20-9-8-17(12-19(20)24)26-23(28)18-10-14-4-2-3-5-15(14)11-21(18)30-13-22(27)25-16-6-7-16/h2-5,8-12,16H,6-7,13H2,1H3,(H,25,27)(H,26,28). The van der Waals surface area contributed by atoms with Gasteiger partial charge in [-0.05, 0) is 53.9 Å². The van der Waals surface area contributed by atoms with E-state index in [9.17, 15) is 9.59 Å². The number of carbonyl (C=O) groups is 2. The molecule has 4 rings (SSSR count). The van der Waals surface area contributed by atoms with E-state index in [0.29, 0.717) is 27.8 Å². The summed E-state index contributed by atoms with van der Waals surface area (Å²) in [4.78, 5) is 25.0. The quantitative estimate of drug-likeness (QED) is 0.589. The van der Waals surface area contributed by atoms with E-state index in [1.54, 1.807) is 30.3 Å². The molecule has 0 bridgehead atoms. The van der Waals surface area contributed by atoms with Gasteiger partial charge in [0.25, 0.3) is 11.8 Å². The summed E-state index contributed by atoms with van der Waals surface area (Å²) in [6, 6.07) is 16.4. The molecule has 0 spiro atoms. The van der Waals surface area contributed by atoms with E-state index >= 15 is 0 Å². The molecule has 3 aromatic rings. The predicted octanol–water partition coefficient (Wildman–Crippen LogP) is 4.41. The Morgan fingerprint density at radius 1 is 1.03 bits per heavy atom. The molecule has 154 valence electrons. The third kappa shape index (κ3) is 4.66. The highest BCUT2D eigenvalue weighted by molar-refractivity contribution is 6.32. The summed E-state index contributed by atoms with van der Waals surface area (Å²) in [6.07, 6.45) is 2.00. The van der Waals surface area contributed by atoms with Crippen LogP contribution in [0.2, 0.25) is 5.02 Å². The van der Waals surface area contributed by atoms with Crippen molar-refractivity contribution in [2.75, 3.05) is 19.0 Å². The van der Waals surface area contributed by atoms with Crippen molar-refractivity contribution in [3.05, 3.63) is 65.2 Å². The molecule has 30 heavy (non-hydrogen) atoms. The molecule has 1 fully saturated rings. The van der Waals surface area contributed by atoms with Crippen LogP contribution in [0.3, 0.4) is 0 Å². The van der Waals surface area contributed by atoms with Gasteiger partial charge in [-0.15, -0.1) is 0 Å². The van der Waals surface area contributed by atoms with Crippen molar-refractivity contribution in [2.45, 2.75) is 18.9 Å². The summed E-state index contributed by atoms with van der Waals surface area (Å²) in [5, 5.41) is 7.90. The Morgan fingerprint density at radius 2 is 1.77 bits per heavy atom. The summed E-state index contributed by atoms with van der Waals surface area (Å²) in [7, 11) is 1.53. The first kappa shape index (κ1) is 20.0. The van der Waals surface area contributed by atoms with Gasteiger partial charge in [-0.3, -0.25) is 9.59 Å². The maximum Gasteiger partial charge on any atom is 0.259 e. The van der Waals surface area contributed by atoms with E-state index < -0.39 is 0 Å². The highest BCUT2D eigenvalue weighted by atomic mass is 35.5. The van der Waals surface area contributed by atoms with Crippen molar-refractivity contribution in [3.8, 4) is 11.5 Å². The molecule has 0 radical (unpaired) electrons. The average Bonchev–Trinajstić information content (AvgIpc) is 3.55. The lowest BCUT2D eigenvalue weighted by molar-refractivity contribution is -0.123. The molecule has 7 heteroatoms. The minimum atomic E-state index is -0.361. The van der Waals surface area contributed by atoms with Crippen LogP contribution in [0.1, 0.15) is 23.2 Å². The van der Waals surface area contributed by atoms with Gasteiger partial charge in [0, 0.05) is 11.7 Å². The van der Waals surface area contributed by atoms with Crippen LogP contribution in [0.4, 0.5) is 5.69 Å². The van der Waals surface area contributed by atoms with Gasteiger partial charge in [-0.2, -0.15) is 0 Å². The summed E-state index contributed by atoms with van der Waals surface area (Å²) in [6.45, 7) is -0.149.